The van der Waals surface area contributed by atoms with Crippen molar-refractivity contribution < 1.29 is 24.2 Å². The van der Waals surface area contributed by atoms with Crippen LogP contribution in [0, 0.1) is 30.1 Å². The third-order valence-electron chi connectivity index (χ3n) is 7.74. The summed E-state index contributed by atoms with van der Waals surface area (Å²) in [6, 6.07) is 16.4. The number of carboxylic acids is 1. The Hall–Kier alpha value is -3.79. The van der Waals surface area contributed by atoms with Gasteiger partial charge in [0.25, 0.3) is 0 Å². The number of rotatable bonds is 7. The van der Waals surface area contributed by atoms with Gasteiger partial charge in [0.05, 0.1) is 6.54 Å². The molecule has 0 radical (unpaired) electrons. The molecular formula is C28H28N2O5. The van der Waals surface area contributed by atoms with Crippen molar-refractivity contribution in [3.8, 4) is 23.5 Å². The van der Waals surface area contributed by atoms with E-state index in [1.807, 2.05) is 24.3 Å². The van der Waals surface area contributed by atoms with Crippen LogP contribution in [0.5, 0.6) is 0 Å². The van der Waals surface area contributed by atoms with Gasteiger partial charge in [0.1, 0.15) is 13.2 Å². The maximum absolute atomic E-state index is 12.8. The zero-order valence-corrected chi connectivity index (χ0v) is 19.4. The standard InChI is InChI=1S/C28H28N2O5/c1-2-11-30(15-26(31)32)27(33)18-12-17-14-25(23(17)13-18)29-28(34)35-16-24-21-9-5-3-7-19(21)20-8-4-6-10-22(20)24/h1,3-10,17-18,23-25H,11-16H2,(H,29,34)(H,31,32). The highest BCUT2D eigenvalue weighted by atomic mass is 16.5. The van der Waals surface area contributed by atoms with Crippen LogP contribution >= 0.6 is 0 Å². The Morgan fingerprint density at radius 1 is 1.03 bits per heavy atom. The molecule has 0 heterocycles. The van der Waals surface area contributed by atoms with Crippen molar-refractivity contribution in [1.29, 1.82) is 0 Å². The summed E-state index contributed by atoms with van der Waals surface area (Å²) in [5.74, 6) is 1.37. The van der Waals surface area contributed by atoms with Gasteiger partial charge >= 0.3 is 12.1 Å². The Labute approximate surface area is 204 Å². The van der Waals surface area contributed by atoms with Gasteiger partial charge in [0.15, 0.2) is 0 Å². The molecule has 0 saturated heterocycles. The number of carbonyl (C=O) groups is 3. The number of hydrogen-bond donors (Lipinski definition) is 2. The van der Waals surface area contributed by atoms with Gasteiger partial charge in [0.2, 0.25) is 5.91 Å². The van der Waals surface area contributed by atoms with Gasteiger partial charge < -0.3 is 20.1 Å². The van der Waals surface area contributed by atoms with Crippen molar-refractivity contribution in [3.05, 3.63) is 59.7 Å². The Morgan fingerprint density at radius 2 is 1.69 bits per heavy atom. The van der Waals surface area contributed by atoms with E-state index in [2.05, 4.69) is 35.5 Å². The fourth-order valence-corrected chi connectivity index (χ4v) is 6.13. The van der Waals surface area contributed by atoms with Crippen LogP contribution in [0.4, 0.5) is 4.79 Å². The molecule has 5 rings (SSSR count). The molecule has 35 heavy (non-hydrogen) atoms. The van der Waals surface area contributed by atoms with Gasteiger partial charge in [-0.05, 0) is 53.4 Å². The molecule has 2 amide bonds. The summed E-state index contributed by atoms with van der Waals surface area (Å²) in [6.07, 6.45) is 7.00. The maximum Gasteiger partial charge on any atom is 0.407 e. The van der Waals surface area contributed by atoms with Crippen LogP contribution < -0.4 is 5.32 Å². The van der Waals surface area contributed by atoms with Crippen LogP contribution in [-0.4, -0.2) is 53.7 Å². The zero-order chi connectivity index (χ0) is 24.5. The lowest BCUT2D eigenvalue weighted by molar-refractivity contribution is -0.145. The summed E-state index contributed by atoms with van der Waals surface area (Å²) in [7, 11) is 0. The van der Waals surface area contributed by atoms with Crippen molar-refractivity contribution in [2.75, 3.05) is 19.7 Å². The molecule has 2 N–H and O–H groups in total. The van der Waals surface area contributed by atoms with Crippen molar-refractivity contribution >= 4 is 18.0 Å². The van der Waals surface area contributed by atoms with E-state index in [9.17, 15) is 14.4 Å². The fourth-order valence-electron chi connectivity index (χ4n) is 6.13. The third kappa shape index (κ3) is 4.37. The molecule has 2 aromatic rings. The normalized spacial score (nSPS) is 23.7. The first-order valence-electron chi connectivity index (χ1n) is 12.0. The molecule has 3 aliphatic rings. The van der Waals surface area contributed by atoms with Gasteiger partial charge in [-0.15, -0.1) is 6.42 Å². The molecule has 0 aromatic heterocycles. The van der Waals surface area contributed by atoms with Gasteiger partial charge in [-0.25, -0.2) is 4.79 Å². The van der Waals surface area contributed by atoms with Gasteiger partial charge in [-0.2, -0.15) is 0 Å². The van der Waals surface area contributed by atoms with Gasteiger partial charge in [0, 0.05) is 17.9 Å². The van der Waals surface area contributed by atoms with Crippen LogP contribution in [0.2, 0.25) is 0 Å². The van der Waals surface area contributed by atoms with E-state index >= 15 is 0 Å². The largest absolute Gasteiger partial charge is 0.480 e. The van der Waals surface area contributed by atoms with Crippen molar-refractivity contribution in [2.45, 2.75) is 31.2 Å². The number of amides is 2. The number of ether oxygens (including phenoxy) is 1. The van der Waals surface area contributed by atoms with Crippen LogP contribution in [-0.2, 0) is 14.3 Å². The minimum absolute atomic E-state index is 0.00662. The maximum atomic E-state index is 12.8. The summed E-state index contributed by atoms with van der Waals surface area (Å²) < 4.78 is 5.67. The summed E-state index contributed by atoms with van der Waals surface area (Å²) in [4.78, 5) is 37.8. The van der Waals surface area contributed by atoms with Gasteiger partial charge in [-0.1, -0.05) is 54.5 Å². The van der Waals surface area contributed by atoms with E-state index in [1.165, 1.54) is 27.2 Å². The van der Waals surface area contributed by atoms with Crippen molar-refractivity contribution in [3.63, 3.8) is 0 Å². The number of terminal acetylenes is 1. The van der Waals surface area contributed by atoms with E-state index in [1.54, 1.807) is 0 Å². The second-order valence-corrected chi connectivity index (χ2v) is 9.70. The van der Waals surface area contributed by atoms with E-state index in [0.717, 1.165) is 6.42 Å². The number of hydrogen-bond acceptors (Lipinski definition) is 4. The number of benzene rings is 2. The number of fused-ring (bicyclic) bond motifs is 4. The van der Waals surface area contributed by atoms with Crippen molar-refractivity contribution in [2.24, 2.45) is 17.8 Å². The minimum atomic E-state index is -1.08. The lowest BCUT2D eigenvalue weighted by atomic mass is 9.71. The zero-order valence-electron chi connectivity index (χ0n) is 19.4. The minimum Gasteiger partial charge on any atom is -0.480 e. The third-order valence-corrected chi connectivity index (χ3v) is 7.74. The predicted molar refractivity (Wildman–Crippen MR) is 129 cm³/mol. The monoisotopic (exact) mass is 472 g/mol. The Balaban J connectivity index is 1.15. The van der Waals surface area contributed by atoms with E-state index < -0.39 is 18.6 Å². The molecule has 4 unspecified atom stereocenters. The number of aliphatic carboxylic acids is 1. The van der Waals surface area contributed by atoms with E-state index in [4.69, 9.17) is 16.3 Å². The Kier molecular flexibility index (Phi) is 6.21. The molecule has 0 spiro atoms. The summed E-state index contributed by atoms with van der Waals surface area (Å²) in [5, 5.41) is 12.1. The Bertz CT molecular complexity index is 1160. The predicted octanol–water partition coefficient (Wildman–Crippen LogP) is 3.49. The lowest BCUT2D eigenvalue weighted by Gasteiger charge is -2.40. The number of carbonyl (C=O) groups excluding carboxylic acids is 2. The molecule has 180 valence electrons. The summed E-state index contributed by atoms with van der Waals surface area (Å²) in [6.45, 7) is -0.146. The fraction of sp³-hybridized carbons (Fsp3) is 0.393. The second kappa shape index (κ2) is 9.46. The van der Waals surface area contributed by atoms with Crippen molar-refractivity contribution in [1.82, 2.24) is 10.2 Å². The summed E-state index contributed by atoms with van der Waals surface area (Å²) >= 11 is 0. The molecule has 0 bridgehead atoms. The van der Waals surface area contributed by atoms with Crippen LogP contribution in [0.15, 0.2) is 48.5 Å². The molecule has 2 aromatic carbocycles. The lowest BCUT2D eigenvalue weighted by Crippen LogP contribution is -2.50. The van der Waals surface area contributed by atoms with Crippen LogP contribution in [0.3, 0.4) is 0 Å². The molecule has 7 heteroatoms. The van der Waals surface area contributed by atoms with Crippen LogP contribution in [0.25, 0.3) is 11.1 Å². The molecule has 2 fully saturated rings. The van der Waals surface area contributed by atoms with E-state index in [0.29, 0.717) is 18.8 Å². The topological polar surface area (TPSA) is 95.9 Å². The molecule has 4 atom stereocenters. The highest BCUT2D eigenvalue weighted by Gasteiger charge is 2.50. The molecule has 0 aliphatic heterocycles. The van der Waals surface area contributed by atoms with E-state index in [-0.39, 0.29) is 42.9 Å². The number of nitrogens with one attached hydrogen (secondary N) is 1. The first kappa shape index (κ1) is 23.0. The average Bonchev–Trinajstić information content (AvgIpc) is 3.35. The summed E-state index contributed by atoms with van der Waals surface area (Å²) in [5.41, 5.74) is 4.70. The molecule has 7 nitrogen and oxygen atoms in total. The van der Waals surface area contributed by atoms with Crippen LogP contribution in [0.1, 0.15) is 36.3 Å². The van der Waals surface area contributed by atoms with Gasteiger partial charge in [-0.3, -0.25) is 9.59 Å². The molecule has 2 saturated carbocycles. The Morgan fingerprint density at radius 3 is 2.31 bits per heavy atom. The highest BCUT2D eigenvalue weighted by molar-refractivity contribution is 5.84. The number of carboxylic acid groups (broad SMARTS) is 1. The highest BCUT2D eigenvalue weighted by Crippen LogP contribution is 2.50. The second-order valence-electron chi connectivity index (χ2n) is 9.70. The SMILES string of the molecule is C#CCN(CC(=O)O)C(=O)C1CC2CC(NC(=O)OCC3c4ccccc4-c4ccccc43)C2C1. The smallest absolute Gasteiger partial charge is 0.407 e. The first-order chi connectivity index (χ1) is 17.0. The first-order valence-corrected chi connectivity index (χ1v) is 12.0. The average molecular weight is 473 g/mol. The quantitative estimate of drug-likeness (QED) is 0.602. The molecule has 3 aliphatic carbocycles. The molecular weight excluding hydrogens is 444 g/mol. The number of nitrogens with zero attached hydrogens (tertiary/aromatic N) is 1. The number of alkyl carbamates (subject to hydrolysis) is 1.